The molecule has 0 unspecified atom stereocenters. The molecule has 1 aliphatic heterocycles. The lowest BCUT2D eigenvalue weighted by Gasteiger charge is -2.22. The topological polar surface area (TPSA) is 44.8 Å². The highest BCUT2D eigenvalue weighted by Gasteiger charge is 2.52. The van der Waals surface area contributed by atoms with Gasteiger partial charge in [0.15, 0.2) is 11.9 Å². The number of esters is 1. The van der Waals surface area contributed by atoms with Gasteiger partial charge in [0, 0.05) is 12.8 Å². The fourth-order valence-electron chi connectivity index (χ4n) is 3.18. The van der Waals surface area contributed by atoms with Gasteiger partial charge in [-0.15, -0.1) is 0 Å². The van der Waals surface area contributed by atoms with E-state index in [9.17, 15) is 4.79 Å². The molecule has 0 aromatic heterocycles. The second kappa shape index (κ2) is 5.19. The third-order valence-electron chi connectivity index (χ3n) is 4.25. The minimum Gasteiger partial charge on any atom is -0.467 e. The van der Waals surface area contributed by atoms with Crippen LogP contribution in [-0.4, -0.2) is 25.0 Å². The second-order valence-electron chi connectivity index (χ2n) is 5.57. The monoisotopic (exact) mass is 276 g/mol. The molecule has 4 heteroatoms. The Bertz CT molecular complexity index is 505. The average Bonchev–Trinajstić information content (AvgIpc) is 3.07. The fourth-order valence-corrected chi connectivity index (χ4v) is 3.18. The van der Waals surface area contributed by atoms with Crippen molar-refractivity contribution in [3.8, 4) is 0 Å². The molecule has 1 saturated heterocycles. The van der Waals surface area contributed by atoms with Gasteiger partial charge in [-0.2, -0.15) is 0 Å². The summed E-state index contributed by atoms with van der Waals surface area (Å²) in [7, 11) is 1.39. The summed E-state index contributed by atoms with van der Waals surface area (Å²) < 4.78 is 17.1. The number of carbonyl (C=O) groups excluding carboxylic acids is 1. The smallest absolute Gasteiger partial charge is 0.338 e. The van der Waals surface area contributed by atoms with Crippen molar-refractivity contribution in [1.82, 2.24) is 0 Å². The van der Waals surface area contributed by atoms with Crippen LogP contribution in [0.5, 0.6) is 0 Å². The fraction of sp³-hybridized carbons (Fsp3) is 0.562. The van der Waals surface area contributed by atoms with Gasteiger partial charge in [0.25, 0.3) is 0 Å². The minimum atomic E-state index is -0.667. The molecule has 20 heavy (non-hydrogen) atoms. The Labute approximate surface area is 119 Å². The Morgan fingerprint density at radius 3 is 2.60 bits per heavy atom. The van der Waals surface area contributed by atoms with Crippen molar-refractivity contribution in [3.63, 3.8) is 0 Å². The number of methoxy groups -OCH3 is 1. The van der Waals surface area contributed by atoms with E-state index in [0.29, 0.717) is 0 Å². The summed E-state index contributed by atoms with van der Waals surface area (Å²) in [6.07, 6.45) is 2.81. The van der Waals surface area contributed by atoms with Crippen molar-refractivity contribution in [2.24, 2.45) is 0 Å². The summed E-state index contributed by atoms with van der Waals surface area (Å²) in [6.45, 7) is 2.02. The van der Waals surface area contributed by atoms with Crippen LogP contribution in [0.1, 0.15) is 42.9 Å². The third-order valence-corrected chi connectivity index (χ3v) is 4.25. The predicted octanol–water partition coefficient (Wildman–Crippen LogP) is 2.89. The number of hydrogen-bond donors (Lipinski definition) is 0. The van der Waals surface area contributed by atoms with E-state index in [1.54, 1.807) is 0 Å². The van der Waals surface area contributed by atoms with Gasteiger partial charge in [-0.3, -0.25) is 0 Å². The molecule has 1 aromatic rings. The predicted molar refractivity (Wildman–Crippen MR) is 73.1 cm³/mol. The van der Waals surface area contributed by atoms with Crippen LogP contribution in [0.4, 0.5) is 0 Å². The summed E-state index contributed by atoms with van der Waals surface area (Å²) in [4.78, 5) is 12.0. The number of aryl methyl sites for hydroxylation is 1. The first-order valence-corrected chi connectivity index (χ1v) is 7.14. The maximum atomic E-state index is 12.0. The van der Waals surface area contributed by atoms with Crippen LogP contribution in [-0.2, 0) is 19.0 Å². The lowest BCUT2D eigenvalue weighted by atomic mass is 10.00. The van der Waals surface area contributed by atoms with Crippen LogP contribution in [0.25, 0.3) is 0 Å². The quantitative estimate of drug-likeness (QED) is 0.779. The first kappa shape index (κ1) is 13.6. The Hall–Kier alpha value is -1.39. The SMILES string of the molecule is COC(=O)[C@H]1OC2(CCCC2)O[C@@H]1c1ccccc1C. The maximum Gasteiger partial charge on any atom is 0.338 e. The lowest BCUT2D eigenvalue weighted by molar-refractivity contribution is -0.180. The Balaban J connectivity index is 1.94. The van der Waals surface area contributed by atoms with E-state index >= 15 is 0 Å². The van der Waals surface area contributed by atoms with Gasteiger partial charge in [-0.25, -0.2) is 4.79 Å². The van der Waals surface area contributed by atoms with Gasteiger partial charge in [0.2, 0.25) is 0 Å². The summed E-state index contributed by atoms with van der Waals surface area (Å²) in [5, 5.41) is 0. The number of hydrogen-bond acceptors (Lipinski definition) is 4. The largest absolute Gasteiger partial charge is 0.467 e. The maximum absolute atomic E-state index is 12.0. The molecule has 1 aliphatic carbocycles. The molecule has 108 valence electrons. The average molecular weight is 276 g/mol. The molecule has 3 rings (SSSR count). The number of benzene rings is 1. The van der Waals surface area contributed by atoms with Crippen molar-refractivity contribution >= 4 is 5.97 Å². The molecule has 0 amide bonds. The molecular weight excluding hydrogens is 256 g/mol. The minimum absolute atomic E-state index is 0.359. The lowest BCUT2D eigenvalue weighted by Crippen LogP contribution is -2.30. The van der Waals surface area contributed by atoms with Crippen LogP contribution in [0.3, 0.4) is 0 Å². The van der Waals surface area contributed by atoms with Gasteiger partial charge in [0.1, 0.15) is 6.10 Å². The van der Waals surface area contributed by atoms with E-state index in [1.165, 1.54) is 7.11 Å². The van der Waals surface area contributed by atoms with E-state index in [1.807, 2.05) is 31.2 Å². The van der Waals surface area contributed by atoms with Crippen LogP contribution >= 0.6 is 0 Å². The molecule has 0 radical (unpaired) electrons. The highest BCUT2D eigenvalue weighted by Crippen LogP contribution is 2.47. The van der Waals surface area contributed by atoms with Crippen molar-refractivity contribution in [2.45, 2.75) is 50.6 Å². The standard InChI is InChI=1S/C16H20O4/c1-11-7-3-4-8-12(11)13-14(15(17)18-2)20-16(19-13)9-5-6-10-16/h3-4,7-8,13-14H,5-6,9-10H2,1-2H3/t13-,14+/m1/s1. The molecular formula is C16H20O4. The number of rotatable bonds is 2. The van der Waals surface area contributed by atoms with Crippen molar-refractivity contribution in [3.05, 3.63) is 35.4 Å². The molecule has 0 N–H and O–H groups in total. The van der Waals surface area contributed by atoms with Crippen LogP contribution in [0.2, 0.25) is 0 Å². The normalized spacial score (nSPS) is 27.9. The van der Waals surface area contributed by atoms with Crippen molar-refractivity contribution < 1.29 is 19.0 Å². The van der Waals surface area contributed by atoms with E-state index in [2.05, 4.69) is 0 Å². The third kappa shape index (κ3) is 2.23. The van der Waals surface area contributed by atoms with E-state index in [0.717, 1.165) is 36.8 Å². The zero-order valence-corrected chi connectivity index (χ0v) is 11.9. The molecule has 0 bridgehead atoms. The summed E-state index contributed by atoms with van der Waals surface area (Å²) in [6, 6.07) is 7.95. The highest BCUT2D eigenvalue weighted by molar-refractivity contribution is 5.76. The zero-order chi connectivity index (χ0) is 14.2. The summed E-state index contributed by atoms with van der Waals surface area (Å²) in [5.74, 6) is -0.951. The first-order valence-electron chi connectivity index (χ1n) is 7.14. The van der Waals surface area contributed by atoms with Gasteiger partial charge in [0.05, 0.1) is 7.11 Å². The Morgan fingerprint density at radius 1 is 1.25 bits per heavy atom. The molecule has 2 fully saturated rings. The zero-order valence-electron chi connectivity index (χ0n) is 11.9. The molecule has 1 heterocycles. The van der Waals surface area contributed by atoms with Crippen molar-refractivity contribution in [1.29, 1.82) is 0 Å². The molecule has 2 atom stereocenters. The van der Waals surface area contributed by atoms with Gasteiger partial charge < -0.3 is 14.2 Å². The molecule has 4 nitrogen and oxygen atoms in total. The first-order chi connectivity index (χ1) is 9.65. The molecule has 1 spiro atoms. The van der Waals surface area contributed by atoms with Crippen LogP contribution in [0.15, 0.2) is 24.3 Å². The molecule has 2 aliphatic rings. The van der Waals surface area contributed by atoms with E-state index < -0.39 is 11.9 Å². The van der Waals surface area contributed by atoms with Crippen molar-refractivity contribution in [2.75, 3.05) is 7.11 Å². The summed E-state index contributed by atoms with van der Waals surface area (Å²) in [5.41, 5.74) is 2.11. The molecule has 1 aromatic carbocycles. The second-order valence-corrected chi connectivity index (χ2v) is 5.57. The Kier molecular flexibility index (Phi) is 3.52. The summed E-state index contributed by atoms with van der Waals surface area (Å²) >= 11 is 0. The number of ether oxygens (including phenoxy) is 3. The van der Waals surface area contributed by atoms with Crippen LogP contribution in [0, 0.1) is 6.92 Å². The van der Waals surface area contributed by atoms with Gasteiger partial charge >= 0.3 is 5.97 Å². The molecule has 1 saturated carbocycles. The van der Waals surface area contributed by atoms with E-state index in [-0.39, 0.29) is 12.1 Å². The van der Waals surface area contributed by atoms with Gasteiger partial charge in [-0.1, -0.05) is 24.3 Å². The Morgan fingerprint density at radius 2 is 1.95 bits per heavy atom. The van der Waals surface area contributed by atoms with E-state index in [4.69, 9.17) is 14.2 Å². The van der Waals surface area contributed by atoms with Gasteiger partial charge in [-0.05, 0) is 30.9 Å². The number of carbonyl (C=O) groups is 1. The highest BCUT2D eigenvalue weighted by atomic mass is 16.8. The van der Waals surface area contributed by atoms with Crippen LogP contribution < -0.4 is 0 Å².